The molecule has 1 heterocycles. The number of halogens is 3. The third-order valence-electron chi connectivity index (χ3n) is 2.64. The summed E-state index contributed by atoms with van der Waals surface area (Å²) in [5.41, 5.74) is 2.23. The quantitative estimate of drug-likeness (QED) is 0.762. The Bertz CT molecular complexity index is 542. The normalized spacial score (nSPS) is 12.7. The van der Waals surface area contributed by atoms with Gasteiger partial charge >= 0.3 is 0 Å². The van der Waals surface area contributed by atoms with Crippen LogP contribution in [0, 0.1) is 5.82 Å². The van der Waals surface area contributed by atoms with Crippen molar-refractivity contribution in [1.82, 2.24) is 5.32 Å². The Balaban J connectivity index is 2.41. The van der Waals surface area contributed by atoms with Gasteiger partial charge in [-0.15, -0.1) is 0 Å². The zero-order valence-corrected chi connectivity index (χ0v) is 13.7. The molecule has 18 heavy (non-hydrogen) atoms. The van der Waals surface area contributed by atoms with Gasteiger partial charge in [-0.05, 0) is 67.0 Å². The van der Waals surface area contributed by atoms with Crippen LogP contribution in [-0.4, -0.2) is 6.54 Å². The van der Waals surface area contributed by atoms with Crippen molar-refractivity contribution in [2.24, 2.45) is 0 Å². The van der Waals surface area contributed by atoms with E-state index in [2.05, 4.69) is 54.9 Å². The van der Waals surface area contributed by atoms with Crippen molar-refractivity contribution < 1.29 is 4.39 Å². The van der Waals surface area contributed by atoms with Crippen LogP contribution in [-0.2, 0) is 0 Å². The molecule has 2 rings (SSSR count). The molecule has 1 nitrogen and oxygen atoms in total. The van der Waals surface area contributed by atoms with Gasteiger partial charge in [0.05, 0.1) is 10.5 Å². The maximum Gasteiger partial charge on any atom is 0.137 e. The Labute approximate surface area is 127 Å². The average molecular weight is 393 g/mol. The molecule has 0 fully saturated rings. The van der Waals surface area contributed by atoms with E-state index in [4.69, 9.17) is 0 Å². The first kappa shape index (κ1) is 14.2. The summed E-state index contributed by atoms with van der Waals surface area (Å²) in [5, 5.41) is 7.58. The molecule has 96 valence electrons. The van der Waals surface area contributed by atoms with E-state index in [1.54, 1.807) is 11.3 Å². The molecule has 0 aliphatic heterocycles. The number of hydrogen-bond donors (Lipinski definition) is 1. The highest BCUT2D eigenvalue weighted by Gasteiger charge is 2.17. The lowest BCUT2D eigenvalue weighted by atomic mass is 10.0. The Morgan fingerprint density at radius 2 is 2.06 bits per heavy atom. The molecule has 0 aliphatic carbocycles. The van der Waals surface area contributed by atoms with E-state index in [-0.39, 0.29) is 11.9 Å². The molecule has 1 aromatic carbocycles. The van der Waals surface area contributed by atoms with Gasteiger partial charge in [0.2, 0.25) is 0 Å². The monoisotopic (exact) mass is 391 g/mol. The summed E-state index contributed by atoms with van der Waals surface area (Å²) in [4.78, 5) is 0. The van der Waals surface area contributed by atoms with E-state index in [0.29, 0.717) is 4.47 Å². The summed E-state index contributed by atoms with van der Waals surface area (Å²) in [5.74, 6) is -0.238. The molecule has 0 bridgehead atoms. The van der Waals surface area contributed by atoms with E-state index in [0.717, 1.165) is 16.6 Å². The number of hydrogen-bond acceptors (Lipinski definition) is 2. The predicted molar refractivity (Wildman–Crippen MR) is 81.6 cm³/mol. The van der Waals surface area contributed by atoms with Gasteiger partial charge in [0.15, 0.2) is 0 Å². The fourth-order valence-electron chi connectivity index (χ4n) is 1.80. The Morgan fingerprint density at radius 3 is 2.61 bits per heavy atom. The highest BCUT2D eigenvalue weighted by atomic mass is 79.9. The summed E-state index contributed by atoms with van der Waals surface area (Å²) >= 11 is 8.44. The Hall–Kier alpha value is -0.230. The zero-order valence-electron chi connectivity index (χ0n) is 9.71. The van der Waals surface area contributed by atoms with E-state index >= 15 is 0 Å². The van der Waals surface area contributed by atoms with Crippen LogP contribution < -0.4 is 5.32 Å². The summed E-state index contributed by atoms with van der Waals surface area (Å²) in [6.07, 6.45) is 0. The van der Waals surface area contributed by atoms with Crippen molar-refractivity contribution in [2.45, 2.75) is 13.0 Å². The lowest BCUT2D eigenvalue weighted by molar-refractivity contribution is 0.608. The van der Waals surface area contributed by atoms with Crippen molar-refractivity contribution in [1.29, 1.82) is 0 Å². The van der Waals surface area contributed by atoms with Crippen LogP contribution in [0.1, 0.15) is 24.1 Å². The lowest BCUT2D eigenvalue weighted by Gasteiger charge is -2.18. The molecule has 0 amide bonds. The van der Waals surface area contributed by atoms with Crippen LogP contribution in [0.5, 0.6) is 0 Å². The fourth-order valence-corrected chi connectivity index (χ4v) is 3.75. The SMILES string of the molecule is CCNC(c1ccc(F)c(Br)c1)c1cscc1Br. The van der Waals surface area contributed by atoms with Crippen LogP contribution in [0.2, 0.25) is 0 Å². The largest absolute Gasteiger partial charge is 0.306 e. The smallest absolute Gasteiger partial charge is 0.137 e. The topological polar surface area (TPSA) is 12.0 Å². The lowest BCUT2D eigenvalue weighted by Crippen LogP contribution is -2.21. The molecule has 1 aromatic heterocycles. The summed E-state index contributed by atoms with van der Waals surface area (Å²) < 4.78 is 14.9. The maximum atomic E-state index is 13.3. The number of thiophene rings is 1. The standard InChI is InChI=1S/C13H12Br2FNS/c1-2-17-13(9-6-18-7-11(9)15)8-3-4-12(16)10(14)5-8/h3-7,13,17H,2H2,1H3. The van der Waals surface area contributed by atoms with Crippen LogP contribution >= 0.6 is 43.2 Å². The van der Waals surface area contributed by atoms with Crippen LogP contribution in [0.15, 0.2) is 37.9 Å². The molecule has 1 unspecified atom stereocenters. The van der Waals surface area contributed by atoms with Crippen LogP contribution in [0.3, 0.4) is 0 Å². The van der Waals surface area contributed by atoms with Crippen LogP contribution in [0.4, 0.5) is 4.39 Å². The molecule has 0 radical (unpaired) electrons. The van der Waals surface area contributed by atoms with Gasteiger partial charge in [0.25, 0.3) is 0 Å². The highest BCUT2D eigenvalue weighted by Crippen LogP contribution is 2.33. The Kier molecular flexibility index (Phi) is 4.95. The van der Waals surface area contributed by atoms with Gasteiger partial charge in [-0.2, -0.15) is 11.3 Å². The minimum Gasteiger partial charge on any atom is -0.306 e. The number of benzene rings is 1. The van der Waals surface area contributed by atoms with E-state index in [9.17, 15) is 4.39 Å². The minimum atomic E-state index is -0.238. The Morgan fingerprint density at radius 1 is 1.28 bits per heavy atom. The zero-order chi connectivity index (χ0) is 13.1. The van der Waals surface area contributed by atoms with Gasteiger partial charge in [-0.3, -0.25) is 0 Å². The van der Waals surface area contributed by atoms with Gasteiger partial charge in [0, 0.05) is 9.85 Å². The van der Waals surface area contributed by atoms with Gasteiger partial charge in [-0.1, -0.05) is 13.0 Å². The molecule has 0 spiro atoms. The molecule has 1 N–H and O–H groups in total. The third-order valence-corrected chi connectivity index (χ3v) is 5.00. The second-order valence-corrected chi connectivity index (χ2v) is 6.29. The molecule has 1 atom stereocenters. The van der Waals surface area contributed by atoms with Crippen molar-refractivity contribution in [3.05, 3.63) is 54.8 Å². The molecular formula is C13H12Br2FNS. The maximum absolute atomic E-state index is 13.3. The first-order valence-corrected chi connectivity index (χ1v) is 8.06. The minimum absolute atomic E-state index is 0.0764. The summed E-state index contributed by atoms with van der Waals surface area (Å²) in [6, 6.07) is 5.21. The van der Waals surface area contributed by atoms with Crippen molar-refractivity contribution in [2.75, 3.05) is 6.54 Å². The summed E-state index contributed by atoms with van der Waals surface area (Å²) in [7, 11) is 0. The predicted octanol–water partition coefficient (Wildman–Crippen LogP) is 5.11. The van der Waals surface area contributed by atoms with E-state index in [1.165, 1.54) is 11.6 Å². The van der Waals surface area contributed by atoms with Crippen molar-refractivity contribution in [3.63, 3.8) is 0 Å². The molecule has 5 heteroatoms. The second-order valence-electron chi connectivity index (χ2n) is 3.84. The first-order chi connectivity index (χ1) is 8.63. The molecule has 0 saturated carbocycles. The third kappa shape index (κ3) is 3.02. The second kappa shape index (κ2) is 6.28. The van der Waals surface area contributed by atoms with Crippen LogP contribution in [0.25, 0.3) is 0 Å². The molecule has 2 aromatic rings. The summed E-state index contributed by atoms with van der Waals surface area (Å²) in [6.45, 7) is 2.91. The fraction of sp³-hybridized carbons (Fsp3) is 0.231. The average Bonchev–Trinajstić information content (AvgIpc) is 2.76. The van der Waals surface area contributed by atoms with Gasteiger partial charge < -0.3 is 5.32 Å². The first-order valence-electron chi connectivity index (χ1n) is 5.53. The van der Waals surface area contributed by atoms with Gasteiger partial charge in [-0.25, -0.2) is 4.39 Å². The van der Waals surface area contributed by atoms with E-state index in [1.807, 2.05) is 12.1 Å². The number of rotatable bonds is 4. The van der Waals surface area contributed by atoms with E-state index < -0.39 is 0 Å². The molecule has 0 aliphatic rings. The molecular weight excluding hydrogens is 381 g/mol. The highest BCUT2D eigenvalue weighted by molar-refractivity contribution is 9.10. The van der Waals surface area contributed by atoms with Crippen molar-refractivity contribution >= 4 is 43.2 Å². The molecule has 0 saturated heterocycles. The van der Waals surface area contributed by atoms with Crippen molar-refractivity contribution in [3.8, 4) is 0 Å². The number of nitrogens with one attached hydrogen (secondary N) is 1. The van der Waals surface area contributed by atoms with Gasteiger partial charge in [0.1, 0.15) is 5.82 Å².